The Morgan fingerprint density at radius 3 is 2.36 bits per heavy atom. The maximum Gasteiger partial charge on any atom is 0.416 e. The summed E-state index contributed by atoms with van der Waals surface area (Å²) >= 11 is 0. The summed E-state index contributed by atoms with van der Waals surface area (Å²) in [5.74, 6) is -1.80. The lowest BCUT2D eigenvalue weighted by Gasteiger charge is -2.12. The predicted molar refractivity (Wildman–Crippen MR) is 74.4 cm³/mol. The van der Waals surface area contributed by atoms with Crippen LogP contribution in [0.4, 0.5) is 13.2 Å². The van der Waals surface area contributed by atoms with Gasteiger partial charge in [0.1, 0.15) is 5.82 Å². The Labute approximate surface area is 124 Å². The summed E-state index contributed by atoms with van der Waals surface area (Å²) in [6.07, 6.45) is -3.20. The van der Waals surface area contributed by atoms with Crippen LogP contribution < -0.4 is 0 Å². The first kappa shape index (κ1) is 15.7. The lowest BCUT2D eigenvalue weighted by Crippen LogP contribution is -2.28. The molecular weight excluding hydrogens is 297 g/mol. The molecular formula is C15H11F3N2O2. The maximum absolute atomic E-state index is 12.7. The Kier molecular flexibility index (Phi) is 3.74. The molecule has 0 aromatic heterocycles. The second kappa shape index (κ2) is 5.25. The number of fused-ring (bicyclic) bond motifs is 1. The third-order valence-corrected chi connectivity index (χ3v) is 3.07. The monoisotopic (exact) mass is 308 g/mol. The van der Waals surface area contributed by atoms with Gasteiger partial charge in [0.25, 0.3) is 11.8 Å². The van der Waals surface area contributed by atoms with Gasteiger partial charge >= 0.3 is 6.18 Å². The van der Waals surface area contributed by atoms with E-state index in [9.17, 15) is 22.8 Å². The number of allylic oxidation sites excluding steroid dienone is 1. The van der Waals surface area contributed by atoms with Crippen LogP contribution in [0.1, 0.15) is 33.2 Å². The fraction of sp³-hybridized carbons (Fsp3) is 0.133. The number of imide groups is 1. The molecule has 0 aliphatic carbocycles. The van der Waals surface area contributed by atoms with Gasteiger partial charge in [-0.2, -0.15) is 13.2 Å². The van der Waals surface area contributed by atoms with Crippen LogP contribution in [0.5, 0.6) is 0 Å². The Morgan fingerprint density at radius 2 is 1.82 bits per heavy atom. The van der Waals surface area contributed by atoms with Crippen LogP contribution in [0, 0.1) is 0 Å². The minimum absolute atomic E-state index is 0.106. The van der Waals surface area contributed by atoms with E-state index in [1.807, 2.05) is 0 Å². The average Bonchev–Trinajstić information content (AvgIpc) is 2.69. The van der Waals surface area contributed by atoms with Crippen LogP contribution in [0.2, 0.25) is 0 Å². The van der Waals surface area contributed by atoms with Crippen LogP contribution in [0.15, 0.2) is 48.2 Å². The van der Waals surface area contributed by atoms with Crippen LogP contribution in [-0.4, -0.2) is 22.4 Å². The fourth-order valence-electron chi connectivity index (χ4n) is 1.95. The van der Waals surface area contributed by atoms with Crippen molar-refractivity contribution in [1.82, 2.24) is 4.90 Å². The SMILES string of the molecule is C=CC(C)=NC(=C)N1C(=O)c2ccc(C(F)(F)F)cc2C1=O. The van der Waals surface area contributed by atoms with E-state index in [0.717, 1.165) is 12.1 Å². The second-order valence-corrected chi connectivity index (χ2v) is 4.58. The summed E-state index contributed by atoms with van der Waals surface area (Å²) in [6, 6.07) is 2.40. The molecule has 0 bridgehead atoms. The molecule has 0 saturated heterocycles. The molecule has 0 unspecified atom stereocenters. The number of alkyl halides is 3. The molecule has 114 valence electrons. The van der Waals surface area contributed by atoms with Gasteiger partial charge in [-0.3, -0.25) is 9.59 Å². The number of aliphatic imine (C=N–C) groups is 1. The van der Waals surface area contributed by atoms with Crippen molar-refractivity contribution < 1.29 is 22.8 Å². The fourth-order valence-corrected chi connectivity index (χ4v) is 1.95. The summed E-state index contributed by atoms with van der Waals surface area (Å²) in [4.78, 5) is 28.9. The molecule has 4 nitrogen and oxygen atoms in total. The lowest BCUT2D eigenvalue weighted by molar-refractivity contribution is -0.137. The highest BCUT2D eigenvalue weighted by Gasteiger charge is 2.40. The topological polar surface area (TPSA) is 49.7 Å². The number of rotatable bonds is 3. The summed E-state index contributed by atoms with van der Waals surface area (Å²) < 4.78 is 38.1. The molecule has 2 rings (SSSR count). The van der Waals surface area contributed by atoms with E-state index in [0.29, 0.717) is 16.7 Å². The highest BCUT2D eigenvalue weighted by atomic mass is 19.4. The van der Waals surface area contributed by atoms with Gasteiger partial charge in [-0.25, -0.2) is 9.89 Å². The third kappa shape index (κ3) is 2.57. The van der Waals surface area contributed by atoms with E-state index in [1.165, 1.54) is 6.08 Å². The Morgan fingerprint density at radius 1 is 1.23 bits per heavy atom. The first-order valence-electron chi connectivity index (χ1n) is 6.13. The molecule has 1 aliphatic heterocycles. The molecule has 1 aromatic carbocycles. The zero-order chi connectivity index (χ0) is 16.7. The van der Waals surface area contributed by atoms with Gasteiger partial charge in [-0.1, -0.05) is 13.2 Å². The van der Waals surface area contributed by atoms with E-state index in [4.69, 9.17) is 0 Å². The van der Waals surface area contributed by atoms with Crippen molar-refractivity contribution in [3.05, 3.63) is 59.9 Å². The van der Waals surface area contributed by atoms with E-state index in [1.54, 1.807) is 6.92 Å². The van der Waals surface area contributed by atoms with Gasteiger partial charge < -0.3 is 0 Å². The summed E-state index contributed by atoms with van der Waals surface area (Å²) in [6.45, 7) is 8.56. The van der Waals surface area contributed by atoms with E-state index >= 15 is 0 Å². The molecule has 0 atom stereocenters. The van der Waals surface area contributed by atoms with Gasteiger partial charge in [0.2, 0.25) is 0 Å². The predicted octanol–water partition coefficient (Wildman–Crippen LogP) is 3.42. The van der Waals surface area contributed by atoms with Crippen molar-refractivity contribution in [3.8, 4) is 0 Å². The Bertz CT molecular complexity index is 733. The normalized spacial score (nSPS) is 15.1. The van der Waals surface area contributed by atoms with Gasteiger partial charge in [0.05, 0.1) is 16.7 Å². The van der Waals surface area contributed by atoms with Crippen molar-refractivity contribution in [2.24, 2.45) is 4.99 Å². The van der Waals surface area contributed by atoms with Gasteiger partial charge in [0, 0.05) is 5.71 Å². The average molecular weight is 308 g/mol. The lowest BCUT2D eigenvalue weighted by atomic mass is 10.1. The quantitative estimate of drug-likeness (QED) is 0.634. The van der Waals surface area contributed by atoms with Crippen LogP contribution in [0.25, 0.3) is 0 Å². The minimum atomic E-state index is -4.60. The number of hydrogen-bond acceptors (Lipinski definition) is 3. The first-order chi connectivity index (χ1) is 10.2. The third-order valence-electron chi connectivity index (χ3n) is 3.07. The maximum atomic E-state index is 12.7. The zero-order valence-corrected chi connectivity index (χ0v) is 11.6. The molecule has 22 heavy (non-hydrogen) atoms. The number of hydrogen-bond donors (Lipinski definition) is 0. The number of carbonyl (C=O) groups is 2. The molecule has 1 heterocycles. The molecule has 0 saturated carbocycles. The summed E-state index contributed by atoms with van der Waals surface area (Å²) in [5, 5.41) is 0. The number of halogens is 3. The van der Waals surface area contributed by atoms with Crippen molar-refractivity contribution in [3.63, 3.8) is 0 Å². The zero-order valence-electron chi connectivity index (χ0n) is 11.6. The van der Waals surface area contributed by atoms with Gasteiger partial charge in [-0.15, -0.1) is 0 Å². The number of benzene rings is 1. The molecule has 0 spiro atoms. The molecule has 7 heteroatoms. The number of carbonyl (C=O) groups excluding carboxylic acids is 2. The van der Waals surface area contributed by atoms with Crippen molar-refractivity contribution in [1.29, 1.82) is 0 Å². The number of amides is 2. The van der Waals surface area contributed by atoms with Gasteiger partial charge in [-0.05, 0) is 31.2 Å². The Balaban J connectivity index is 2.46. The van der Waals surface area contributed by atoms with Crippen molar-refractivity contribution in [2.45, 2.75) is 13.1 Å². The smallest absolute Gasteiger partial charge is 0.268 e. The molecule has 1 aromatic rings. The first-order valence-corrected chi connectivity index (χ1v) is 6.13. The highest BCUT2D eigenvalue weighted by Crippen LogP contribution is 2.34. The van der Waals surface area contributed by atoms with E-state index in [-0.39, 0.29) is 16.9 Å². The molecule has 1 aliphatic rings. The van der Waals surface area contributed by atoms with Crippen molar-refractivity contribution >= 4 is 17.5 Å². The summed E-state index contributed by atoms with van der Waals surface area (Å²) in [7, 11) is 0. The Hall–Kier alpha value is -2.70. The molecule has 0 radical (unpaired) electrons. The second-order valence-electron chi connectivity index (χ2n) is 4.58. The van der Waals surface area contributed by atoms with Gasteiger partial charge in [0.15, 0.2) is 0 Å². The standard InChI is InChI=1S/C15H11F3N2O2/c1-4-8(2)19-9(3)20-13(21)11-6-5-10(15(16,17)18)7-12(11)14(20)22/h4-7H,1,3H2,2H3. The summed E-state index contributed by atoms with van der Waals surface area (Å²) in [5.41, 5.74) is -0.999. The molecule has 2 amide bonds. The molecule has 0 fully saturated rings. The van der Waals surface area contributed by atoms with E-state index < -0.39 is 23.6 Å². The van der Waals surface area contributed by atoms with Crippen molar-refractivity contribution in [2.75, 3.05) is 0 Å². The van der Waals surface area contributed by atoms with E-state index in [2.05, 4.69) is 18.2 Å². The minimum Gasteiger partial charge on any atom is -0.268 e. The largest absolute Gasteiger partial charge is 0.416 e. The molecule has 0 N–H and O–H groups in total. The van der Waals surface area contributed by atoms with Crippen LogP contribution >= 0.6 is 0 Å². The van der Waals surface area contributed by atoms with Crippen LogP contribution in [0.3, 0.4) is 0 Å². The highest BCUT2D eigenvalue weighted by molar-refractivity contribution is 6.22. The van der Waals surface area contributed by atoms with Crippen LogP contribution in [-0.2, 0) is 6.18 Å². The number of nitrogens with zero attached hydrogens (tertiary/aromatic N) is 2.